The number of nitrogens with two attached hydrogens (primary N) is 1. The second kappa shape index (κ2) is 3.20. The van der Waals surface area contributed by atoms with E-state index in [4.69, 9.17) is 11.0 Å². The molecule has 2 N–H and O–H groups in total. The minimum absolute atomic E-state index is 0.0000463. The topological polar surface area (TPSA) is 49.8 Å². The van der Waals surface area contributed by atoms with E-state index in [2.05, 4.69) is 12.1 Å². The number of fused-ring (bicyclic) bond motifs is 1. The number of nitrogens with zero attached hydrogens (tertiary/aromatic N) is 1. The zero-order valence-corrected chi connectivity index (χ0v) is 7.40. The second-order valence-corrected chi connectivity index (χ2v) is 3.58. The monoisotopic (exact) mass is 172 g/mol. The van der Waals surface area contributed by atoms with Crippen molar-refractivity contribution in [1.29, 1.82) is 5.26 Å². The molecule has 0 radical (unpaired) electrons. The van der Waals surface area contributed by atoms with E-state index in [1.807, 2.05) is 18.2 Å². The van der Waals surface area contributed by atoms with Gasteiger partial charge in [-0.05, 0) is 24.0 Å². The number of benzene rings is 1. The summed E-state index contributed by atoms with van der Waals surface area (Å²) in [6, 6.07) is 10.6. The van der Waals surface area contributed by atoms with Crippen LogP contribution in [0.2, 0.25) is 0 Å². The Morgan fingerprint density at radius 2 is 2.15 bits per heavy atom. The van der Waals surface area contributed by atoms with Crippen LogP contribution in [-0.4, -0.2) is 6.04 Å². The van der Waals surface area contributed by atoms with Gasteiger partial charge in [0.1, 0.15) is 0 Å². The molecule has 0 saturated heterocycles. The molecule has 1 aromatic rings. The summed E-state index contributed by atoms with van der Waals surface area (Å²) in [6.07, 6.45) is 1.71. The van der Waals surface area contributed by atoms with Gasteiger partial charge in [-0.15, -0.1) is 0 Å². The van der Waals surface area contributed by atoms with E-state index < -0.39 is 0 Å². The summed E-state index contributed by atoms with van der Waals surface area (Å²) in [5.74, 6) is -0.0000463. The van der Waals surface area contributed by atoms with Gasteiger partial charge in [-0.3, -0.25) is 0 Å². The van der Waals surface area contributed by atoms with E-state index in [0.717, 1.165) is 12.8 Å². The molecule has 2 rings (SSSR count). The van der Waals surface area contributed by atoms with E-state index in [0.29, 0.717) is 0 Å². The highest BCUT2D eigenvalue weighted by atomic mass is 14.6. The first-order chi connectivity index (χ1) is 6.31. The molecule has 1 aromatic carbocycles. The Kier molecular flexibility index (Phi) is 2.03. The molecule has 1 aliphatic carbocycles. The molecule has 2 nitrogen and oxygen atoms in total. The van der Waals surface area contributed by atoms with Crippen LogP contribution < -0.4 is 5.73 Å². The van der Waals surface area contributed by atoms with Crippen LogP contribution >= 0.6 is 0 Å². The molecule has 2 atom stereocenters. The quantitative estimate of drug-likeness (QED) is 0.645. The van der Waals surface area contributed by atoms with Gasteiger partial charge >= 0.3 is 0 Å². The fourth-order valence-electron chi connectivity index (χ4n) is 1.98. The van der Waals surface area contributed by atoms with Gasteiger partial charge in [0.05, 0.1) is 12.0 Å². The van der Waals surface area contributed by atoms with Gasteiger partial charge in [-0.1, -0.05) is 24.3 Å². The number of nitriles is 1. The minimum atomic E-state index is -0.0000463. The van der Waals surface area contributed by atoms with Crippen molar-refractivity contribution in [1.82, 2.24) is 0 Å². The molecule has 1 aliphatic rings. The predicted octanol–water partition coefficient (Wildman–Crippen LogP) is 1.57. The van der Waals surface area contributed by atoms with Crippen LogP contribution in [0.4, 0.5) is 0 Å². The summed E-state index contributed by atoms with van der Waals surface area (Å²) < 4.78 is 0. The lowest BCUT2D eigenvalue weighted by molar-refractivity contribution is 0.544. The van der Waals surface area contributed by atoms with Gasteiger partial charge in [0.2, 0.25) is 0 Å². The Hall–Kier alpha value is -1.33. The molecule has 0 fully saturated rings. The molecular weight excluding hydrogens is 160 g/mol. The first kappa shape index (κ1) is 8.28. The van der Waals surface area contributed by atoms with Crippen LogP contribution in [0.5, 0.6) is 0 Å². The summed E-state index contributed by atoms with van der Waals surface area (Å²) in [6.45, 7) is 0. The van der Waals surface area contributed by atoms with Crippen molar-refractivity contribution < 1.29 is 0 Å². The summed E-state index contributed by atoms with van der Waals surface area (Å²) in [4.78, 5) is 0. The Balaban J connectivity index is 2.44. The minimum Gasteiger partial charge on any atom is -0.327 e. The summed E-state index contributed by atoms with van der Waals surface area (Å²) in [7, 11) is 0. The van der Waals surface area contributed by atoms with Crippen LogP contribution in [0, 0.1) is 11.3 Å². The molecule has 0 amide bonds. The van der Waals surface area contributed by atoms with Gasteiger partial charge < -0.3 is 5.73 Å². The molecule has 0 heterocycles. The highest BCUT2D eigenvalue weighted by Gasteiger charge is 2.23. The van der Waals surface area contributed by atoms with Crippen molar-refractivity contribution in [2.24, 2.45) is 5.73 Å². The summed E-state index contributed by atoms with van der Waals surface area (Å²) >= 11 is 0. The van der Waals surface area contributed by atoms with Crippen molar-refractivity contribution in [3.05, 3.63) is 35.4 Å². The third kappa shape index (κ3) is 1.43. The normalized spacial score (nSPS) is 26.2. The zero-order chi connectivity index (χ0) is 9.26. The Bertz CT molecular complexity index is 351. The fraction of sp³-hybridized carbons (Fsp3) is 0.364. The van der Waals surface area contributed by atoms with E-state index in [-0.39, 0.29) is 12.0 Å². The van der Waals surface area contributed by atoms with Gasteiger partial charge in [0, 0.05) is 6.04 Å². The molecular formula is C11H12N2. The third-order valence-electron chi connectivity index (χ3n) is 2.61. The van der Waals surface area contributed by atoms with Crippen LogP contribution in [0.15, 0.2) is 24.3 Å². The molecule has 13 heavy (non-hydrogen) atoms. The Labute approximate surface area is 78.0 Å². The zero-order valence-electron chi connectivity index (χ0n) is 7.40. The molecule has 0 bridgehead atoms. The van der Waals surface area contributed by atoms with Gasteiger partial charge in [0.25, 0.3) is 0 Å². The maximum absolute atomic E-state index is 8.95. The highest BCUT2D eigenvalue weighted by molar-refractivity contribution is 5.37. The van der Waals surface area contributed by atoms with Crippen molar-refractivity contribution in [3.63, 3.8) is 0 Å². The lowest BCUT2D eigenvalue weighted by atomic mass is 9.81. The van der Waals surface area contributed by atoms with Gasteiger partial charge in [-0.25, -0.2) is 0 Å². The Morgan fingerprint density at radius 1 is 1.38 bits per heavy atom. The largest absolute Gasteiger partial charge is 0.327 e. The van der Waals surface area contributed by atoms with Crippen molar-refractivity contribution in [2.45, 2.75) is 24.8 Å². The van der Waals surface area contributed by atoms with Gasteiger partial charge in [0.15, 0.2) is 0 Å². The predicted molar refractivity (Wildman–Crippen MR) is 51.1 cm³/mol. The van der Waals surface area contributed by atoms with E-state index in [1.54, 1.807) is 0 Å². The standard InChI is InChI=1S/C11H12N2/c12-7-9-6-10(13)5-8-3-1-2-4-11(8)9/h1-4,9-10H,5-6,13H2/t9-,10+/m0/s1. The fourth-order valence-corrected chi connectivity index (χ4v) is 1.98. The first-order valence-corrected chi connectivity index (χ1v) is 4.54. The van der Waals surface area contributed by atoms with E-state index in [9.17, 15) is 0 Å². The maximum atomic E-state index is 8.95. The SMILES string of the molecule is N#C[C@@H]1C[C@H](N)Cc2ccccc21. The first-order valence-electron chi connectivity index (χ1n) is 4.54. The average Bonchev–Trinajstić information content (AvgIpc) is 2.16. The molecule has 0 aromatic heterocycles. The molecule has 0 saturated carbocycles. The molecule has 66 valence electrons. The van der Waals surface area contributed by atoms with E-state index >= 15 is 0 Å². The maximum Gasteiger partial charge on any atom is 0.0730 e. The average molecular weight is 172 g/mol. The molecule has 0 spiro atoms. The molecule has 0 unspecified atom stereocenters. The van der Waals surface area contributed by atoms with Crippen molar-refractivity contribution in [3.8, 4) is 6.07 Å². The number of hydrogen-bond donors (Lipinski definition) is 1. The van der Waals surface area contributed by atoms with Gasteiger partial charge in [-0.2, -0.15) is 5.26 Å². The van der Waals surface area contributed by atoms with Crippen LogP contribution in [0.25, 0.3) is 0 Å². The number of hydrogen-bond acceptors (Lipinski definition) is 2. The summed E-state index contributed by atoms with van der Waals surface area (Å²) in [5, 5.41) is 8.95. The molecule has 0 aliphatic heterocycles. The molecule has 2 heteroatoms. The Morgan fingerprint density at radius 3 is 2.92 bits per heavy atom. The highest BCUT2D eigenvalue weighted by Crippen LogP contribution is 2.29. The van der Waals surface area contributed by atoms with Crippen molar-refractivity contribution >= 4 is 0 Å². The number of rotatable bonds is 0. The third-order valence-corrected chi connectivity index (χ3v) is 2.61. The van der Waals surface area contributed by atoms with Crippen molar-refractivity contribution in [2.75, 3.05) is 0 Å². The smallest absolute Gasteiger partial charge is 0.0730 e. The lowest BCUT2D eigenvalue weighted by Crippen LogP contribution is -2.29. The van der Waals surface area contributed by atoms with Crippen LogP contribution in [0.1, 0.15) is 23.5 Å². The van der Waals surface area contributed by atoms with Crippen LogP contribution in [-0.2, 0) is 6.42 Å². The van der Waals surface area contributed by atoms with Crippen LogP contribution in [0.3, 0.4) is 0 Å². The lowest BCUT2D eigenvalue weighted by Gasteiger charge is -2.24. The summed E-state index contributed by atoms with van der Waals surface area (Å²) in [5.41, 5.74) is 8.28. The second-order valence-electron chi connectivity index (χ2n) is 3.58. The van der Waals surface area contributed by atoms with E-state index in [1.165, 1.54) is 11.1 Å².